The van der Waals surface area contributed by atoms with Gasteiger partial charge in [0.2, 0.25) is 5.13 Å². The summed E-state index contributed by atoms with van der Waals surface area (Å²) in [6, 6.07) is -0.0428. The lowest BCUT2D eigenvalue weighted by Gasteiger charge is -2.37. The van der Waals surface area contributed by atoms with E-state index in [4.69, 9.17) is 16.3 Å². The van der Waals surface area contributed by atoms with E-state index in [1.807, 2.05) is 0 Å². The van der Waals surface area contributed by atoms with E-state index in [2.05, 4.69) is 16.8 Å². The molecule has 19 heavy (non-hydrogen) atoms. The van der Waals surface area contributed by atoms with Crippen molar-refractivity contribution in [1.29, 1.82) is 0 Å². The number of hydrogen-bond acceptors (Lipinski definition) is 5. The minimum absolute atomic E-state index is 0.157. The number of hydrogen-bond donors (Lipinski definition) is 0. The number of rotatable bonds is 5. The zero-order valence-electron chi connectivity index (χ0n) is 10.6. The van der Waals surface area contributed by atoms with Crippen LogP contribution >= 0.6 is 22.9 Å². The predicted molar refractivity (Wildman–Crippen MR) is 74.5 cm³/mol. The third-order valence-electron chi connectivity index (χ3n) is 2.81. The highest BCUT2D eigenvalue weighted by Gasteiger charge is 2.36. The molecule has 0 bridgehead atoms. The van der Waals surface area contributed by atoms with Gasteiger partial charge in [0.25, 0.3) is 0 Å². The quantitative estimate of drug-likeness (QED) is 0.474. The number of methoxy groups -OCH3 is 1. The fourth-order valence-electron chi connectivity index (χ4n) is 1.85. The smallest absolute Gasteiger partial charge is 0.329 e. The molecular weight excluding hydrogens is 288 g/mol. The summed E-state index contributed by atoms with van der Waals surface area (Å²) in [5, 5.41) is 9.43. The Morgan fingerprint density at radius 1 is 1.63 bits per heavy atom. The van der Waals surface area contributed by atoms with Crippen molar-refractivity contribution >= 4 is 34.1 Å². The minimum atomic E-state index is -0.323. The van der Waals surface area contributed by atoms with E-state index in [9.17, 15) is 4.79 Å². The summed E-state index contributed by atoms with van der Waals surface area (Å²) in [6.45, 7) is 4.24. The van der Waals surface area contributed by atoms with Gasteiger partial charge in [-0.1, -0.05) is 17.4 Å². The number of halogens is 1. The molecule has 1 aromatic rings. The van der Waals surface area contributed by atoms with Crippen LogP contribution in [0.4, 0.5) is 9.93 Å². The van der Waals surface area contributed by atoms with E-state index >= 15 is 0 Å². The van der Waals surface area contributed by atoms with Crippen molar-refractivity contribution in [3.63, 3.8) is 0 Å². The Morgan fingerprint density at radius 2 is 2.42 bits per heavy atom. The second-order valence-corrected chi connectivity index (χ2v) is 5.27. The van der Waals surface area contributed by atoms with E-state index in [1.165, 1.54) is 16.2 Å². The fraction of sp³-hybridized carbons (Fsp3) is 0.545. The van der Waals surface area contributed by atoms with Crippen LogP contribution in [-0.4, -0.2) is 47.0 Å². The van der Waals surface area contributed by atoms with Crippen LogP contribution in [-0.2, 0) is 11.2 Å². The van der Waals surface area contributed by atoms with E-state index < -0.39 is 0 Å². The number of ether oxygens (including phenoxy) is 1. The number of carbonyl (C=O) groups excluding carboxylic acids is 1. The Hall–Kier alpha value is -1.18. The Morgan fingerprint density at radius 3 is 3.05 bits per heavy atom. The van der Waals surface area contributed by atoms with Crippen LogP contribution in [0.1, 0.15) is 11.4 Å². The molecule has 1 aliphatic heterocycles. The summed E-state index contributed by atoms with van der Waals surface area (Å²) in [7, 11) is 1.58. The summed E-state index contributed by atoms with van der Waals surface area (Å²) < 4.78 is 5.34. The molecule has 0 saturated carbocycles. The van der Waals surface area contributed by atoms with Crippen LogP contribution in [0, 0.1) is 0 Å². The summed E-state index contributed by atoms with van der Waals surface area (Å²) in [5.74, 6) is 0. The molecule has 1 saturated heterocycles. The number of aromatic nitrogens is 2. The van der Waals surface area contributed by atoms with Gasteiger partial charge in [-0.05, 0) is 0 Å². The van der Waals surface area contributed by atoms with Gasteiger partial charge in [0.1, 0.15) is 11.2 Å². The van der Waals surface area contributed by atoms with Crippen molar-refractivity contribution < 1.29 is 9.53 Å². The first kappa shape index (κ1) is 14.2. The maximum atomic E-state index is 12.3. The molecule has 8 heteroatoms. The molecule has 1 atom stereocenters. The highest BCUT2D eigenvalue weighted by atomic mass is 35.5. The molecule has 0 aliphatic carbocycles. The van der Waals surface area contributed by atoms with Crippen LogP contribution in [0.15, 0.2) is 12.7 Å². The van der Waals surface area contributed by atoms with Crippen LogP contribution in [0.5, 0.6) is 0 Å². The van der Waals surface area contributed by atoms with E-state index in [0.29, 0.717) is 24.5 Å². The Labute approximate surface area is 120 Å². The lowest BCUT2D eigenvalue weighted by atomic mass is 10.3. The molecule has 0 aromatic carbocycles. The van der Waals surface area contributed by atoms with Crippen molar-refractivity contribution in [2.24, 2.45) is 0 Å². The molecule has 1 unspecified atom stereocenters. The molecular formula is C11H15ClN4O2S. The molecule has 0 radical (unpaired) electrons. The number of urea groups is 1. The number of nitrogens with zero attached hydrogens (tertiary/aromatic N) is 4. The van der Waals surface area contributed by atoms with Gasteiger partial charge in [-0.15, -0.1) is 28.4 Å². The van der Waals surface area contributed by atoms with Gasteiger partial charge in [0, 0.05) is 26.5 Å². The van der Waals surface area contributed by atoms with Gasteiger partial charge in [-0.25, -0.2) is 9.69 Å². The number of anilines is 1. The maximum Gasteiger partial charge on any atom is 0.329 e. The average molecular weight is 303 g/mol. The van der Waals surface area contributed by atoms with E-state index in [-0.39, 0.29) is 18.3 Å². The molecule has 1 fully saturated rings. The lowest BCUT2D eigenvalue weighted by molar-refractivity contribution is 0.0688. The van der Waals surface area contributed by atoms with Gasteiger partial charge in [-0.3, -0.25) is 0 Å². The van der Waals surface area contributed by atoms with Crippen molar-refractivity contribution in [3.8, 4) is 0 Å². The number of alkyl halides is 1. The second-order valence-electron chi connectivity index (χ2n) is 3.99. The van der Waals surface area contributed by atoms with Crippen molar-refractivity contribution in [3.05, 3.63) is 17.7 Å². The summed E-state index contributed by atoms with van der Waals surface area (Å²) >= 11 is 7.13. The molecule has 2 rings (SSSR count). The normalized spacial score (nSPS) is 19.9. The number of allylic oxidation sites excluding steroid dienone is 1. The molecule has 2 amide bonds. The first-order valence-corrected chi connectivity index (χ1v) is 7.16. The van der Waals surface area contributed by atoms with Gasteiger partial charge >= 0.3 is 6.03 Å². The number of carbonyl (C=O) groups is 1. The third kappa shape index (κ3) is 2.88. The first-order valence-electron chi connectivity index (χ1n) is 5.81. The van der Waals surface area contributed by atoms with Crippen LogP contribution in [0.3, 0.4) is 0 Å². The van der Waals surface area contributed by atoms with Gasteiger partial charge in [-0.2, -0.15) is 0 Å². The third-order valence-corrected chi connectivity index (χ3v) is 4.04. The SMILES string of the molecule is C=CCc1nnc(N2C(=O)N(CCl)CCC2OC)s1. The van der Waals surface area contributed by atoms with E-state index in [0.717, 1.165) is 5.01 Å². The molecule has 1 aromatic heterocycles. The predicted octanol–water partition coefficient (Wildman–Crippen LogP) is 2.07. The topological polar surface area (TPSA) is 58.6 Å². The zero-order valence-corrected chi connectivity index (χ0v) is 12.2. The Balaban J connectivity index is 2.25. The van der Waals surface area contributed by atoms with Gasteiger partial charge in [0.15, 0.2) is 0 Å². The summed E-state index contributed by atoms with van der Waals surface area (Å²) in [4.78, 5) is 15.4. The van der Waals surface area contributed by atoms with Crippen LogP contribution < -0.4 is 4.90 Å². The van der Waals surface area contributed by atoms with Crippen molar-refractivity contribution in [1.82, 2.24) is 15.1 Å². The summed E-state index contributed by atoms with van der Waals surface area (Å²) in [6.07, 6.45) is 2.75. The minimum Gasteiger partial charge on any atom is -0.361 e. The highest BCUT2D eigenvalue weighted by Crippen LogP contribution is 2.28. The van der Waals surface area contributed by atoms with Crippen molar-refractivity contribution in [2.45, 2.75) is 19.1 Å². The lowest BCUT2D eigenvalue weighted by Crippen LogP contribution is -2.55. The molecule has 104 valence electrons. The standard InChI is InChI=1S/C11H15ClN4O2S/c1-3-4-8-13-14-10(19-8)16-9(18-2)5-6-15(7-12)11(16)17/h3,9H,1,4-7H2,2H3. The second kappa shape index (κ2) is 6.31. The molecule has 1 aliphatic rings. The maximum absolute atomic E-state index is 12.3. The van der Waals surface area contributed by atoms with E-state index in [1.54, 1.807) is 18.1 Å². The number of amides is 2. The Kier molecular flexibility index (Phi) is 4.73. The monoisotopic (exact) mass is 302 g/mol. The first-order chi connectivity index (χ1) is 9.21. The molecule has 2 heterocycles. The average Bonchev–Trinajstić information content (AvgIpc) is 2.87. The van der Waals surface area contributed by atoms with Crippen LogP contribution in [0.25, 0.3) is 0 Å². The zero-order chi connectivity index (χ0) is 13.8. The fourth-order valence-corrected chi connectivity index (χ4v) is 2.94. The molecule has 0 spiro atoms. The van der Waals surface area contributed by atoms with Gasteiger partial charge < -0.3 is 9.64 Å². The van der Waals surface area contributed by atoms with Crippen molar-refractivity contribution in [2.75, 3.05) is 24.6 Å². The largest absolute Gasteiger partial charge is 0.361 e. The highest BCUT2D eigenvalue weighted by molar-refractivity contribution is 7.15. The molecule has 6 nitrogen and oxygen atoms in total. The van der Waals surface area contributed by atoms with Crippen LogP contribution in [0.2, 0.25) is 0 Å². The summed E-state index contributed by atoms with van der Waals surface area (Å²) in [5.41, 5.74) is 0. The Bertz CT molecular complexity index is 467. The molecule has 0 N–H and O–H groups in total. The van der Waals surface area contributed by atoms with Gasteiger partial charge in [0.05, 0.1) is 6.00 Å².